The van der Waals surface area contributed by atoms with E-state index in [4.69, 9.17) is 9.47 Å². The van der Waals surface area contributed by atoms with Gasteiger partial charge in [-0.3, -0.25) is 0 Å². The van der Waals surface area contributed by atoms with E-state index in [-0.39, 0.29) is 18.1 Å². The van der Waals surface area contributed by atoms with E-state index in [0.29, 0.717) is 0 Å². The molecule has 0 spiro atoms. The second kappa shape index (κ2) is 7.12. The van der Waals surface area contributed by atoms with Crippen molar-refractivity contribution in [2.24, 2.45) is 5.92 Å². The molecule has 0 aromatic heterocycles. The van der Waals surface area contributed by atoms with Crippen molar-refractivity contribution in [2.75, 3.05) is 14.2 Å². The van der Waals surface area contributed by atoms with Crippen LogP contribution in [0.2, 0.25) is 0 Å². The first-order chi connectivity index (χ1) is 11.2. The maximum Gasteiger partial charge on any atom is 0.0932 e. The van der Waals surface area contributed by atoms with Crippen LogP contribution in [0.5, 0.6) is 0 Å². The third kappa shape index (κ3) is 3.24. The second-order valence-electron chi connectivity index (χ2n) is 6.09. The Bertz CT molecular complexity index is 724. The largest absolute Gasteiger partial charge is 0.378 e. The number of hydrogen-bond acceptors (Lipinski definition) is 2. The molecule has 0 bridgehead atoms. The Morgan fingerprint density at radius 1 is 1.04 bits per heavy atom. The Balaban J connectivity index is 1.98. The van der Waals surface area contributed by atoms with E-state index in [0.717, 1.165) is 6.42 Å². The van der Waals surface area contributed by atoms with Gasteiger partial charge in [-0.05, 0) is 35.3 Å². The van der Waals surface area contributed by atoms with Crippen LogP contribution in [-0.4, -0.2) is 26.4 Å². The minimum atomic E-state index is 0.0647. The maximum atomic E-state index is 5.71. The van der Waals surface area contributed by atoms with Gasteiger partial charge in [-0.2, -0.15) is 0 Å². The Kier molecular flexibility index (Phi) is 4.94. The molecule has 120 valence electrons. The fourth-order valence-corrected chi connectivity index (χ4v) is 3.50. The van der Waals surface area contributed by atoms with Crippen molar-refractivity contribution in [2.45, 2.75) is 25.6 Å². The second-order valence-corrected chi connectivity index (χ2v) is 6.09. The number of allylic oxidation sites excluding steroid dienone is 1. The Hall–Kier alpha value is -1.90. The first-order valence-corrected chi connectivity index (χ1v) is 8.13. The van der Waals surface area contributed by atoms with Gasteiger partial charge in [0.1, 0.15) is 0 Å². The van der Waals surface area contributed by atoms with Crippen LogP contribution in [0.15, 0.2) is 60.7 Å². The first-order valence-electron chi connectivity index (χ1n) is 8.13. The van der Waals surface area contributed by atoms with E-state index >= 15 is 0 Å². The molecule has 0 saturated carbocycles. The molecule has 0 aliphatic heterocycles. The van der Waals surface area contributed by atoms with Crippen molar-refractivity contribution in [3.8, 4) is 0 Å². The molecule has 2 aromatic carbocycles. The molecule has 3 unspecified atom stereocenters. The third-order valence-corrected chi connectivity index (χ3v) is 4.70. The van der Waals surface area contributed by atoms with Crippen LogP contribution >= 0.6 is 0 Å². The normalized spacial score (nSPS) is 25.0. The number of hydrogen-bond donors (Lipinski definition) is 0. The molecule has 0 fully saturated rings. The van der Waals surface area contributed by atoms with Crippen LogP contribution in [0, 0.1) is 5.92 Å². The average molecular weight is 308 g/mol. The topological polar surface area (TPSA) is 18.5 Å². The lowest BCUT2D eigenvalue weighted by Crippen LogP contribution is -2.37. The third-order valence-electron chi connectivity index (χ3n) is 4.70. The van der Waals surface area contributed by atoms with Crippen LogP contribution in [-0.2, 0) is 9.47 Å². The van der Waals surface area contributed by atoms with Gasteiger partial charge in [0, 0.05) is 20.1 Å². The van der Waals surface area contributed by atoms with Gasteiger partial charge in [0.05, 0.1) is 12.2 Å². The van der Waals surface area contributed by atoms with Crippen molar-refractivity contribution >= 4 is 16.3 Å². The number of benzene rings is 2. The summed E-state index contributed by atoms with van der Waals surface area (Å²) in [6, 6.07) is 15.0. The zero-order chi connectivity index (χ0) is 16.2. The summed E-state index contributed by atoms with van der Waals surface area (Å²) in [6.45, 7) is 2.18. The molecule has 0 amide bonds. The molecule has 2 heteroatoms. The van der Waals surface area contributed by atoms with Gasteiger partial charge in [0.25, 0.3) is 0 Å². The standard InChI is InChI=1S/C21H24O2/c1-15(14-17-10-7-13-20(22-2)21(17)23-3)18-12-6-9-16-8-4-5-11-19(16)18/h4-12,14,17,20-21H,13H2,1-3H3/b15-14+. The van der Waals surface area contributed by atoms with Gasteiger partial charge in [-0.15, -0.1) is 0 Å². The molecule has 0 N–H and O–H groups in total. The summed E-state index contributed by atoms with van der Waals surface area (Å²) in [5.41, 5.74) is 2.56. The van der Waals surface area contributed by atoms with Crippen molar-refractivity contribution in [1.82, 2.24) is 0 Å². The van der Waals surface area contributed by atoms with Gasteiger partial charge in [-0.1, -0.05) is 60.7 Å². The molecule has 2 aromatic rings. The minimum absolute atomic E-state index is 0.0647. The highest BCUT2D eigenvalue weighted by atomic mass is 16.5. The van der Waals surface area contributed by atoms with Crippen molar-refractivity contribution in [3.63, 3.8) is 0 Å². The maximum absolute atomic E-state index is 5.71. The van der Waals surface area contributed by atoms with Gasteiger partial charge in [-0.25, -0.2) is 0 Å². The summed E-state index contributed by atoms with van der Waals surface area (Å²) in [5.74, 6) is 0.234. The van der Waals surface area contributed by atoms with E-state index in [9.17, 15) is 0 Å². The summed E-state index contributed by atoms with van der Waals surface area (Å²) < 4.78 is 11.3. The molecule has 0 radical (unpaired) electrons. The van der Waals surface area contributed by atoms with Gasteiger partial charge >= 0.3 is 0 Å². The highest BCUT2D eigenvalue weighted by Crippen LogP contribution is 2.30. The van der Waals surface area contributed by atoms with Gasteiger partial charge in [0.2, 0.25) is 0 Å². The average Bonchev–Trinajstić information content (AvgIpc) is 2.60. The smallest absolute Gasteiger partial charge is 0.0932 e. The van der Waals surface area contributed by atoms with E-state index < -0.39 is 0 Å². The molecule has 2 nitrogen and oxygen atoms in total. The highest BCUT2D eigenvalue weighted by molar-refractivity contribution is 5.93. The van der Waals surface area contributed by atoms with Gasteiger partial charge in [0.15, 0.2) is 0 Å². The van der Waals surface area contributed by atoms with Crippen LogP contribution in [0.25, 0.3) is 16.3 Å². The Morgan fingerprint density at radius 3 is 2.61 bits per heavy atom. The summed E-state index contributed by atoms with van der Waals surface area (Å²) in [4.78, 5) is 0. The number of ether oxygens (including phenoxy) is 2. The Labute approximate surface area is 138 Å². The molecule has 0 heterocycles. The minimum Gasteiger partial charge on any atom is -0.378 e. The van der Waals surface area contributed by atoms with Gasteiger partial charge < -0.3 is 9.47 Å². The SMILES string of the molecule is COC1CC=CC(/C=C(\C)c2cccc3ccccc23)C1OC. The zero-order valence-corrected chi connectivity index (χ0v) is 14.0. The van der Waals surface area contributed by atoms with Crippen molar-refractivity contribution < 1.29 is 9.47 Å². The molecular weight excluding hydrogens is 284 g/mol. The molecule has 0 saturated heterocycles. The lowest BCUT2D eigenvalue weighted by molar-refractivity contribution is -0.0501. The molecular formula is C21H24O2. The molecule has 23 heavy (non-hydrogen) atoms. The Morgan fingerprint density at radius 2 is 1.83 bits per heavy atom. The van der Waals surface area contributed by atoms with E-state index in [1.807, 2.05) is 0 Å². The summed E-state index contributed by atoms with van der Waals surface area (Å²) in [5, 5.41) is 2.57. The summed E-state index contributed by atoms with van der Waals surface area (Å²) in [7, 11) is 3.53. The van der Waals surface area contributed by atoms with E-state index in [1.54, 1.807) is 14.2 Å². The highest BCUT2D eigenvalue weighted by Gasteiger charge is 2.29. The van der Waals surface area contributed by atoms with Crippen LogP contribution in [0.4, 0.5) is 0 Å². The number of fused-ring (bicyclic) bond motifs is 1. The van der Waals surface area contributed by atoms with Crippen molar-refractivity contribution in [3.05, 3.63) is 66.3 Å². The fourth-order valence-electron chi connectivity index (χ4n) is 3.50. The van der Waals surface area contributed by atoms with Crippen LogP contribution < -0.4 is 0 Å². The predicted molar refractivity (Wildman–Crippen MR) is 96.4 cm³/mol. The number of methoxy groups -OCH3 is 2. The number of rotatable bonds is 4. The van der Waals surface area contributed by atoms with E-state index in [1.165, 1.54) is 21.9 Å². The fraction of sp³-hybridized carbons (Fsp3) is 0.333. The lowest BCUT2D eigenvalue weighted by Gasteiger charge is -2.31. The lowest BCUT2D eigenvalue weighted by atomic mass is 9.87. The zero-order valence-electron chi connectivity index (χ0n) is 14.0. The molecule has 1 aliphatic carbocycles. The summed E-state index contributed by atoms with van der Waals surface area (Å²) >= 11 is 0. The van der Waals surface area contributed by atoms with Crippen LogP contribution in [0.3, 0.4) is 0 Å². The molecule has 3 atom stereocenters. The first kappa shape index (κ1) is 16.0. The summed E-state index contributed by atoms with van der Waals surface area (Å²) in [6.07, 6.45) is 7.82. The monoisotopic (exact) mass is 308 g/mol. The molecule has 3 rings (SSSR count). The van der Waals surface area contributed by atoms with Crippen LogP contribution in [0.1, 0.15) is 18.9 Å². The van der Waals surface area contributed by atoms with Crippen molar-refractivity contribution in [1.29, 1.82) is 0 Å². The predicted octanol–water partition coefficient (Wildman–Crippen LogP) is 4.85. The molecule has 1 aliphatic rings. The quantitative estimate of drug-likeness (QED) is 0.752. The van der Waals surface area contributed by atoms with E-state index in [2.05, 4.69) is 67.6 Å².